The third-order valence-electron chi connectivity index (χ3n) is 6.89. The molecule has 1 aromatic carbocycles. The number of hydrogen-bond donors (Lipinski definition) is 0. The Bertz CT molecular complexity index is 1290. The van der Waals surface area contributed by atoms with Gasteiger partial charge in [0.2, 0.25) is 0 Å². The Kier molecular flexibility index (Phi) is 3.04. The molecule has 0 radical (unpaired) electrons. The predicted molar refractivity (Wildman–Crippen MR) is 110 cm³/mol. The fourth-order valence-corrected chi connectivity index (χ4v) is 5.16. The topological polar surface area (TPSA) is 21.2 Å². The summed E-state index contributed by atoms with van der Waals surface area (Å²) in [6.07, 6.45) is 1.88. The Labute approximate surface area is 160 Å². The highest BCUT2D eigenvalue weighted by atomic mass is 15.2. The number of nitrogens with zero attached hydrogens (tertiary/aromatic N) is 3. The first-order chi connectivity index (χ1) is 12.7. The average Bonchev–Trinajstić information content (AvgIpc) is 3.08. The van der Waals surface area contributed by atoms with Crippen LogP contribution in [-0.4, -0.2) is 9.38 Å². The number of hydrogen-bond acceptors (Lipinski definition) is 1. The molecule has 5 rings (SSSR count). The zero-order valence-electron chi connectivity index (χ0n) is 17.2. The van der Waals surface area contributed by atoms with Crippen molar-refractivity contribution < 1.29 is 4.57 Å². The van der Waals surface area contributed by atoms with Gasteiger partial charge in [-0.1, -0.05) is 6.07 Å². The van der Waals surface area contributed by atoms with E-state index >= 15 is 0 Å². The molecular formula is C24H26N3+. The lowest BCUT2D eigenvalue weighted by Gasteiger charge is -2.19. The van der Waals surface area contributed by atoms with E-state index in [4.69, 9.17) is 0 Å². The van der Waals surface area contributed by atoms with Crippen LogP contribution in [0.4, 0.5) is 0 Å². The third-order valence-corrected chi connectivity index (χ3v) is 6.89. The monoisotopic (exact) mass is 356 g/mol. The third kappa shape index (κ3) is 1.82. The maximum Gasteiger partial charge on any atom is 0.259 e. The minimum Gasteiger partial charge on any atom is -0.256 e. The Balaban J connectivity index is 2.04. The Morgan fingerprint density at radius 2 is 1.70 bits per heavy atom. The molecule has 0 saturated heterocycles. The molecule has 3 nitrogen and oxygen atoms in total. The molecule has 27 heavy (non-hydrogen) atoms. The van der Waals surface area contributed by atoms with Crippen molar-refractivity contribution in [2.45, 2.75) is 54.0 Å². The fourth-order valence-electron chi connectivity index (χ4n) is 5.16. The van der Waals surface area contributed by atoms with Gasteiger partial charge in [-0.3, -0.25) is 4.98 Å². The first kappa shape index (κ1) is 16.5. The van der Waals surface area contributed by atoms with Gasteiger partial charge in [-0.05, 0) is 70.9 Å². The van der Waals surface area contributed by atoms with Gasteiger partial charge in [0.25, 0.3) is 5.82 Å². The molecule has 0 bridgehead atoms. The first-order valence-corrected chi connectivity index (χ1v) is 9.68. The Morgan fingerprint density at radius 3 is 2.44 bits per heavy atom. The van der Waals surface area contributed by atoms with E-state index in [9.17, 15) is 0 Å². The van der Waals surface area contributed by atoms with Crippen molar-refractivity contribution in [1.29, 1.82) is 0 Å². The van der Waals surface area contributed by atoms with Gasteiger partial charge >= 0.3 is 0 Å². The molecule has 0 amide bonds. The molecule has 0 unspecified atom stereocenters. The second-order valence-corrected chi connectivity index (χ2v) is 8.53. The van der Waals surface area contributed by atoms with Gasteiger partial charge in [0.1, 0.15) is 11.2 Å². The highest BCUT2D eigenvalue weighted by Gasteiger charge is 2.46. The molecule has 3 aromatic heterocycles. The van der Waals surface area contributed by atoms with Crippen LogP contribution in [0.1, 0.15) is 47.6 Å². The van der Waals surface area contributed by atoms with Crippen LogP contribution in [0.25, 0.3) is 27.7 Å². The van der Waals surface area contributed by atoms with Crippen molar-refractivity contribution in [3.05, 3.63) is 64.2 Å². The van der Waals surface area contributed by atoms with Crippen LogP contribution in [-0.2, 0) is 5.54 Å². The van der Waals surface area contributed by atoms with E-state index in [2.05, 4.69) is 80.6 Å². The maximum absolute atomic E-state index is 4.62. The van der Waals surface area contributed by atoms with Crippen molar-refractivity contribution in [1.82, 2.24) is 9.38 Å². The summed E-state index contributed by atoms with van der Waals surface area (Å²) in [5, 5.41) is 1.21. The lowest BCUT2D eigenvalue weighted by atomic mass is 9.91. The standard InChI is InChI=1S/C24H26N3/c1-13-14(2)16(4)26-17(5)27-23(22(26)15(13)3)19-12-21-18(9-8-10-25-21)11-20(19)24(27,6)7/h8-12H,1-7H3/q+1. The van der Waals surface area contributed by atoms with Crippen molar-refractivity contribution >= 4 is 16.4 Å². The zero-order valence-corrected chi connectivity index (χ0v) is 17.2. The summed E-state index contributed by atoms with van der Waals surface area (Å²) in [5.41, 5.74) is 11.9. The van der Waals surface area contributed by atoms with Gasteiger partial charge in [-0.15, -0.1) is 0 Å². The second kappa shape index (κ2) is 4.98. The molecule has 1 aliphatic heterocycles. The molecular weight excluding hydrogens is 330 g/mol. The molecule has 4 aromatic rings. The molecule has 0 fully saturated rings. The Hall–Kier alpha value is -2.68. The highest BCUT2D eigenvalue weighted by molar-refractivity contribution is 5.91. The summed E-state index contributed by atoms with van der Waals surface area (Å²) in [5.74, 6) is 1.29. The number of imidazole rings is 1. The SMILES string of the molecule is Cc1c(C)c(C)n2c(C)[n+]3c(c2c1C)-c1cc2ncccc2cc1C3(C)C. The minimum absolute atomic E-state index is 0.0918. The van der Waals surface area contributed by atoms with E-state index < -0.39 is 0 Å². The average molecular weight is 356 g/mol. The number of rotatable bonds is 0. The molecule has 0 N–H and O–H groups in total. The number of aromatic nitrogens is 3. The van der Waals surface area contributed by atoms with Gasteiger partial charge in [0.05, 0.1) is 5.52 Å². The Morgan fingerprint density at radius 1 is 0.963 bits per heavy atom. The van der Waals surface area contributed by atoms with Crippen LogP contribution in [0.3, 0.4) is 0 Å². The van der Waals surface area contributed by atoms with E-state index in [-0.39, 0.29) is 5.54 Å². The summed E-state index contributed by atoms with van der Waals surface area (Å²) in [4.78, 5) is 4.62. The maximum atomic E-state index is 4.62. The summed E-state index contributed by atoms with van der Waals surface area (Å²) in [6.45, 7) is 15.9. The summed E-state index contributed by atoms with van der Waals surface area (Å²) in [6, 6.07) is 8.81. The zero-order chi connectivity index (χ0) is 19.2. The van der Waals surface area contributed by atoms with Crippen LogP contribution < -0.4 is 4.57 Å². The molecule has 1 aliphatic rings. The predicted octanol–water partition coefficient (Wildman–Crippen LogP) is 5.08. The van der Waals surface area contributed by atoms with Gasteiger partial charge in [-0.2, -0.15) is 4.40 Å². The highest BCUT2D eigenvalue weighted by Crippen LogP contribution is 2.44. The van der Waals surface area contributed by atoms with Gasteiger partial charge in [0.15, 0.2) is 11.2 Å². The summed E-state index contributed by atoms with van der Waals surface area (Å²) < 4.78 is 4.99. The largest absolute Gasteiger partial charge is 0.259 e. The fraction of sp³-hybridized carbons (Fsp3) is 0.333. The van der Waals surface area contributed by atoms with Crippen molar-refractivity contribution in [3.8, 4) is 11.3 Å². The van der Waals surface area contributed by atoms with Crippen LogP contribution >= 0.6 is 0 Å². The number of aryl methyl sites for hydroxylation is 3. The summed E-state index contributed by atoms with van der Waals surface area (Å²) >= 11 is 0. The first-order valence-electron chi connectivity index (χ1n) is 9.68. The van der Waals surface area contributed by atoms with Crippen LogP contribution in [0.15, 0.2) is 30.5 Å². The van der Waals surface area contributed by atoms with Crippen LogP contribution in [0, 0.1) is 34.6 Å². The van der Waals surface area contributed by atoms with Gasteiger partial charge in [-0.25, -0.2) is 4.57 Å². The minimum atomic E-state index is -0.0918. The van der Waals surface area contributed by atoms with Crippen LogP contribution in [0.2, 0.25) is 0 Å². The lowest BCUT2D eigenvalue weighted by molar-refractivity contribution is -0.736. The number of fused-ring (bicyclic) bond motifs is 6. The smallest absolute Gasteiger partial charge is 0.256 e. The molecule has 0 atom stereocenters. The van der Waals surface area contributed by atoms with Crippen molar-refractivity contribution in [2.24, 2.45) is 0 Å². The molecule has 3 heteroatoms. The molecule has 4 heterocycles. The normalized spacial score (nSPS) is 14.8. The van der Waals surface area contributed by atoms with E-state index in [1.807, 2.05) is 12.3 Å². The van der Waals surface area contributed by atoms with Gasteiger partial charge in [0, 0.05) is 35.2 Å². The van der Waals surface area contributed by atoms with Gasteiger partial charge < -0.3 is 0 Å². The van der Waals surface area contributed by atoms with E-state index in [0.29, 0.717) is 0 Å². The quantitative estimate of drug-likeness (QED) is 0.403. The van der Waals surface area contributed by atoms with Crippen molar-refractivity contribution in [3.63, 3.8) is 0 Å². The molecule has 136 valence electrons. The number of pyridine rings is 2. The number of benzene rings is 1. The molecule has 0 spiro atoms. The van der Waals surface area contributed by atoms with Crippen molar-refractivity contribution in [2.75, 3.05) is 0 Å². The van der Waals surface area contributed by atoms with E-state index in [1.54, 1.807) is 0 Å². The molecule has 0 saturated carbocycles. The van der Waals surface area contributed by atoms with E-state index in [0.717, 1.165) is 5.52 Å². The van der Waals surface area contributed by atoms with Crippen LogP contribution in [0.5, 0.6) is 0 Å². The summed E-state index contributed by atoms with van der Waals surface area (Å²) in [7, 11) is 0. The molecule has 0 aliphatic carbocycles. The van der Waals surface area contributed by atoms with E-state index in [1.165, 1.54) is 55.9 Å². The second-order valence-electron chi connectivity index (χ2n) is 8.53. The lowest BCUT2D eigenvalue weighted by Crippen LogP contribution is -2.51.